The summed E-state index contributed by atoms with van der Waals surface area (Å²) in [5.41, 5.74) is 7.06. The average Bonchev–Trinajstić information content (AvgIpc) is 3.33. The van der Waals surface area contributed by atoms with Gasteiger partial charge in [-0.3, -0.25) is 18.5 Å². The number of nitrogens with zero attached hydrogens (tertiary/aromatic N) is 6. The lowest BCUT2D eigenvalue weighted by Crippen LogP contribution is -2.44. The standard InChI is InChI=1S/C28H29N7O5/c1-32-24-23(25(36)35(28(32)39)14-17-9-10-22(40-2)21(12-17)26(37)38)34(15-19-7-4-3-6-18(19)13-29)27(31-24)33-11-5-8-20(30)16-33/h3-4,6-7,9-10,12,20H,5,8,11,14-16,30H2,1-2H3,(H,37,38)/t20-/m1/s1. The van der Waals surface area contributed by atoms with Gasteiger partial charge in [-0.05, 0) is 42.2 Å². The predicted molar refractivity (Wildman–Crippen MR) is 148 cm³/mol. The molecule has 1 aliphatic rings. The summed E-state index contributed by atoms with van der Waals surface area (Å²) in [5, 5.41) is 19.3. The summed E-state index contributed by atoms with van der Waals surface area (Å²) < 4.78 is 9.26. The Morgan fingerprint density at radius 2 is 1.98 bits per heavy atom. The van der Waals surface area contributed by atoms with Gasteiger partial charge >= 0.3 is 11.7 Å². The maximum Gasteiger partial charge on any atom is 0.339 e. The van der Waals surface area contributed by atoms with Crippen LogP contribution in [-0.2, 0) is 20.1 Å². The van der Waals surface area contributed by atoms with E-state index < -0.39 is 17.2 Å². The van der Waals surface area contributed by atoms with Gasteiger partial charge in [-0.1, -0.05) is 24.3 Å². The second-order valence-corrected chi connectivity index (χ2v) is 9.86. The van der Waals surface area contributed by atoms with E-state index in [1.54, 1.807) is 29.8 Å². The molecule has 0 amide bonds. The number of aromatic carboxylic acids is 1. The molecule has 0 unspecified atom stereocenters. The summed E-state index contributed by atoms with van der Waals surface area (Å²) in [6, 6.07) is 13.8. The normalized spacial score (nSPS) is 15.2. The number of nitriles is 1. The van der Waals surface area contributed by atoms with Gasteiger partial charge in [0.25, 0.3) is 5.56 Å². The quantitative estimate of drug-likeness (QED) is 0.352. The van der Waals surface area contributed by atoms with Gasteiger partial charge in [0, 0.05) is 26.2 Å². The van der Waals surface area contributed by atoms with Crippen molar-refractivity contribution in [3.63, 3.8) is 0 Å². The molecule has 5 rings (SSSR count). The van der Waals surface area contributed by atoms with Crippen LogP contribution in [0, 0.1) is 11.3 Å². The number of fused-ring (bicyclic) bond motifs is 1. The van der Waals surface area contributed by atoms with Crippen LogP contribution < -0.4 is 26.6 Å². The van der Waals surface area contributed by atoms with Crippen molar-refractivity contribution in [2.24, 2.45) is 12.8 Å². The van der Waals surface area contributed by atoms with Gasteiger partial charge in [-0.25, -0.2) is 9.59 Å². The molecule has 206 valence electrons. The van der Waals surface area contributed by atoms with Crippen molar-refractivity contribution in [3.8, 4) is 11.8 Å². The molecule has 0 saturated carbocycles. The first-order valence-electron chi connectivity index (χ1n) is 12.8. The number of nitrogens with two attached hydrogens (primary N) is 1. The molecule has 1 atom stereocenters. The molecule has 2 aromatic heterocycles. The van der Waals surface area contributed by atoms with E-state index in [0.29, 0.717) is 35.7 Å². The lowest BCUT2D eigenvalue weighted by Gasteiger charge is -2.32. The van der Waals surface area contributed by atoms with Crippen LogP contribution in [0.15, 0.2) is 52.1 Å². The molecule has 1 aliphatic heterocycles. The lowest BCUT2D eigenvalue weighted by molar-refractivity contribution is 0.0693. The number of piperidine rings is 1. The zero-order valence-electron chi connectivity index (χ0n) is 22.2. The minimum Gasteiger partial charge on any atom is -0.496 e. The number of methoxy groups -OCH3 is 1. The van der Waals surface area contributed by atoms with Crippen molar-refractivity contribution < 1.29 is 14.6 Å². The number of anilines is 1. The number of rotatable bonds is 7. The molecule has 12 heteroatoms. The Hall–Kier alpha value is -4.89. The van der Waals surface area contributed by atoms with Crippen LogP contribution in [0.1, 0.15) is 39.9 Å². The fourth-order valence-corrected chi connectivity index (χ4v) is 5.22. The van der Waals surface area contributed by atoms with Crippen molar-refractivity contribution in [2.45, 2.75) is 32.0 Å². The Morgan fingerprint density at radius 3 is 2.67 bits per heavy atom. The second kappa shape index (κ2) is 10.7. The summed E-state index contributed by atoms with van der Waals surface area (Å²) in [4.78, 5) is 45.9. The average molecular weight is 544 g/mol. The highest BCUT2D eigenvalue weighted by molar-refractivity contribution is 5.91. The van der Waals surface area contributed by atoms with E-state index in [1.165, 1.54) is 23.8 Å². The van der Waals surface area contributed by atoms with Crippen LogP contribution in [0.25, 0.3) is 11.2 Å². The molecule has 0 radical (unpaired) electrons. The molecule has 4 aromatic rings. The second-order valence-electron chi connectivity index (χ2n) is 9.86. The highest BCUT2D eigenvalue weighted by atomic mass is 16.5. The van der Waals surface area contributed by atoms with Crippen molar-refractivity contribution >= 4 is 23.1 Å². The number of benzene rings is 2. The molecular formula is C28H29N7O5. The molecule has 12 nitrogen and oxygen atoms in total. The highest BCUT2D eigenvalue weighted by Gasteiger charge is 2.27. The zero-order chi connectivity index (χ0) is 28.6. The first-order valence-corrected chi connectivity index (χ1v) is 12.8. The van der Waals surface area contributed by atoms with Crippen molar-refractivity contribution in [1.82, 2.24) is 18.7 Å². The smallest absolute Gasteiger partial charge is 0.339 e. The van der Waals surface area contributed by atoms with Crippen LogP contribution in [0.4, 0.5) is 5.95 Å². The van der Waals surface area contributed by atoms with Crippen LogP contribution in [0.3, 0.4) is 0 Å². The van der Waals surface area contributed by atoms with Crippen molar-refractivity contribution in [1.29, 1.82) is 5.26 Å². The van der Waals surface area contributed by atoms with Crippen LogP contribution in [0.2, 0.25) is 0 Å². The van der Waals surface area contributed by atoms with Gasteiger partial charge in [-0.15, -0.1) is 0 Å². The monoisotopic (exact) mass is 543 g/mol. The topological polar surface area (TPSA) is 161 Å². The van der Waals surface area contributed by atoms with E-state index in [0.717, 1.165) is 17.4 Å². The Morgan fingerprint density at radius 1 is 1.20 bits per heavy atom. The number of aromatic nitrogens is 4. The summed E-state index contributed by atoms with van der Waals surface area (Å²) in [7, 11) is 2.91. The predicted octanol–water partition coefficient (Wildman–Crippen LogP) is 1.50. The number of carbonyl (C=O) groups is 1. The zero-order valence-corrected chi connectivity index (χ0v) is 22.2. The molecule has 0 spiro atoms. The van der Waals surface area contributed by atoms with E-state index >= 15 is 0 Å². The fraction of sp³-hybridized carbons (Fsp3) is 0.321. The number of ether oxygens (including phenoxy) is 1. The molecule has 1 saturated heterocycles. The van der Waals surface area contributed by atoms with Crippen molar-refractivity contribution in [3.05, 3.63) is 85.6 Å². The molecule has 0 aliphatic carbocycles. The van der Waals surface area contributed by atoms with Gasteiger partial charge in [-0.2, -0.15) is 10.2 Å². The number of carboxylic acid groups (broad SMARTS) is 1. The van der Waals surface area contributed by atoms with Gasteiger partial charge in [0.15, 0.2) is 11.2 Å². The fourth-order valence-electron chi connectivity index (χ4n) is 5.22. The first-order chi connectivity index (χ1) is 19.2. The van der Waals surface area contributed by atoms with Gasteiger partial charge in [0.05, 0.1) is 31.8 Å². The summed E-state index contributed by atoms with van der Waals surface area (Å²) >= 11 is 0. The summed E-state index contributed by atoms with van der Waals surface area (Å²) in [6.45, 7) is 1.24. The summed E-state index contributed by atoms with van der Waals surface area (Å²) in [6.07, 6.45) is 1.73. The minimum absolute atomic E-state index is 0.0626. The number of aryl methyl sites for hydroxylation is 1. The number of carboxylic acids is 1. The van der Waals surface area contributed by atoms with Crippen LogP contribution in [-0.4, -0.2) is 56.0 Å². The van der Waals surface area contributed by atoms with Crippen molar-refractivity contribution in [2.75, 3.05) is 25.1 Å². The molecule has 2 aromatic carbocycles. The lowest BCUT2D eigenvalue weighted by atomic mass is 10.1. The van der Waals surface area contributed by atoms with E-state index in [4.69, 9.17) is 15.5 Å². The van der Waals surface area contributed by atoms with E-state index in [-0.39, 0.29) is 41.6 Å². The third kappa shape index (κ3) is 4.71. The van der Waals surface area contributed by atoms with Crippen LogP contribution >= 0.6 is 0 Å². The van der Waals surface area contributed by atoms with Gasteiger partial charge in [0.2, 0.25) is 5.95 Å². The first kappa shape index (κ1) is 26.7. The Bertz CT molecular complexity index is 1780. The Labute approximate surface area is 229 Å². The maximum atomic E-state index is 14.0. The van der Waals surface area contributed by atoms with Gasteiger partial charge in [0.1, 0.15) is 11.3 Å². The molecule has 3 heterocycles. The molecule has 0 bridgehead atoms. The molecule has 40 heavy (non-hydrogen) atoms. The van der Waals surface area contributed by atoms with Gasteiger partial charge < -0.3 is 20.5 Å². The Kier molecular flexibility index (Phi) is 7.15. The largest absolute Gasteiger partial charge is 0.496 e. The molecule has 1 fully saturated rings. The molecular weight excluding hydrogens is 514 g/mol. The Balaban J connectivity index is 1.72. The van der Waals surface area contributed by atoms with E-state index in [2.05, 4.69) is 6.07 Å². The third-order valence-corrected chi connectivity index (χ3v) is 7.25. The van der Waals surface area contributed by atoms with E-state index in [9.17, 15) is 24.8 Å². The van der Waals surface area contributed by atoms with E-state index in [1.807, 2.05) is 17.0 Å². The minimum atomic E-state index is -1.19. The highest BCUT2D eigenvalue weighted by Crippen LogP contribution is 2.25. The van der Waals surface area contributed by atoms with Crippen LogP contribution in [0.5, 0.6) is 5.75 Å². The third-order valence-electron chi connectivity index (χ3n) is 7.25. The molecule has 3 N–H and O–H groups in total. The number of hydrogen-bond acceptors (Lipinski definition) is 8. The summed E-state index contributed by atoms with van der Waals surface area (Å²) in [5.74, 6) is -0.515. The number of imidazole rings is 1. The SMILES string of the molecule is COc1ccc(Cn2c(=O)c3c(nc(N4CCC[C@@H](N)C4)n3Cc3ccccc3C#N)n(C)c2=O)cc1C(=O)O. The maximum absolute atomic E-state index is 14.0. The number of hydrogen-bond donors (Lipinski definition) is 2.